The van der Waals surface area contributed by atoms with E-state index in [0.717, 1.165) is 9.75 Å². The van der Waals surface area contributed by atoms with Gasteiger partial charge in [-0.25, -0.2) is 0 Å². The normalized spacial score (nSPS) is 13.0. The molecule has 0 aliphatic heterocycles. The SMILES string of the molecule is Cc1ccc(C(CN)Oc2ccc(OC(F)(F)F)cc2)s1. The summed E-state index contributed by atoms with van der Waals surface area (Å²) >= 11 is 1.57. The lowest BCUT2D eigenvalue weighted by Gasteiger charge is -2.16. The third-order valence-corrected chi connectivity index (χ3v) is 3.72. The minimum absolute atomic E-state index is 0.279. The second-order valence-corrected chi connectivity index (χ2v) is 5.63. The fourth-order valence-corrected chi connectivity index (χ4v) is 2.65. The Morgan fingerprint density at radius 3 is 2.19 bits per heavy atom. The Morgan fingerprint density at radius 1 is 1.10 bits per heavy atom. The first kappa shape index (κ1) is 15.7. The number of aryl methyl sites for hydroxylation is 1. The summed E-state index contributed by atoms with van der Waals surface area (Å²) in [5.41, 5.74) is 5.68. The zero-order valence-corrected chi connectivity index (χ0v) is 12.0. The van der Waals surface area contributed by atoms with Crippen molar-refractivity contribution in [1.82, 2.24) is 0 Å². The van der Waals surface area contributed by atoms with Gasteiger partial charge in [-0.1, -0.05) is 0 Å². The molecule has 0 fully saturated rings. The fourth-order valence-electron chi connectivity index (χ4n) is 1.73. The smallest absolute Gasteiger partial charge is 0.484 e. The average Bonchev–Trinajstić information content (AvgIpc) is 2.82. The molecule has 2 rings (SSSR count). The molecule has 3 nitrogen and oxygen atoms in total. The van der Waals surface area contributed by atoms with Crippen LogP contribution in [0.2, 0.25) is 0 Å². The van der Waals surface area contributed by atoms with Gasteiger partial charge in [-0.15, -0.1) is 24.5 Å². The number of halogens is 3. The molecule has 1 aromatic carbocycles. The largest absolute Gasteiger partial charge is 0.573 e. The quantitative estimate of drug-likeness (QED) is 0.905. The molecule has 0 aliphatic rings. The molecular weight excluding hydrogens is 303 g/mol. The molecule has 2 N–H and O–H groups in total. The monoisotopic (exact) mass is 317 g/mol. The number of thiophene rings is 1. The number of hydrogen-bond acceptors (Lipinski definition) is 4. The van der Waals surface area contributed by atoms with Crippen LogP contribution in [-0.4, -0.2) is 12.9 Å². The first-order chi connectivity index (χ1) is 9.87. The lowest BCUT2D eigenvalue weighted by atomic mass is 10.2. The second kappa shape index (κ2) is 6.36. The maximum Gasteiger partial charge on any atom is 0.573 e. The topological polar surface area (TPSA) is 44.5 Å². The molecular formula is C14H14F3NO2S. The van der Waals surface area contributed by atoms with Crippen LogP contribution in [-0.2, 0) is 0 Å². The van der Waals surface area contributed by atoms with E-state index in [4.69, 9.17) is 10.5 Å². The predicted octanol–water partition coefficient (Wildman–Crippen LogP) is 4.03. The molecule has 0 saturated heterocycles. The highest BCUT2D eigenvalue weighted by molar-refractivity contribution is 7.12. The lowest BCUT2D eigenvalue weighted by molar-refractivity contribution is -0.274. The van der Waals surface area contributed by atoms with E-state index in [1.54, 1.807) is 11.3 Å². The average molecular weight is 317 g/mol. The molecule has 1 atom stereocenters. The van der Waals surface area contributed by atoms with Crippen LogP contribution in [0.1, 0.15) is 15.9 Å². The van der Waals surface area contributed by atoms with Gasteiger partial charge in [0, 0.05) is 16.3 Å². The van der Waals surface area contributed by atoms with Crippen molar-refractivity contribution >= 4 is 11.3 Å². The van der Waals surface area contributed by atoms with Crippen LogP contribution >= 0.6 is 11.3 Å². The molecule has 1 heterocycles. The van der Waals surface area contributed by atoms with Gasteiger partial charge in [-0.05, 0) is 43.3 Å². The van der Waals surface area contributed by atoms with E-state index in [-0.39, 0.29) is 18.4 Å². The van der Waals surface area contributed by atoms with Gasteiger partial charge in [-0.2, -0.15) is 0 Å². The third kappa shape index (κ3) is 4.64. The van der Waals surface area contributed by atoms with Gasteiger partial charge in [-0.3, -0.25) is 0 Å². The van der Waals surface area contributed by atoms with Crippen molar-refractivity contribution in [3.8, 4) is 11.5 Å². The Morgan fingerprint density at radius 2 is 1.71 bits per heavy atom. The van der Waals surface area contributed by atoms with E-state index in [2.05, 4.69) is 4.74 Å². The van der Waals surface area contributed by atoms with E-state index >= 15 is 0 Å². The molecule has 21 heavy (non-hydrogen) atoms. The van der Waals surface area contributed by atoms with Gasteiger partial charge in [0.2, 0.25) is 0 Å². The summed E-state index contributed by atoms with van der Waals surface area (Å²) in [6.07, 6.45) is -5.02. The van der Waals surface area contributed by atoms with Crippen molar-refractivity contribution < 1.29 is 22.6 Å². The van der Waals surface area contributed by atoms with Crippen LogP contribution in [0.15, 0.2) is 36.4 Å². The highest BCUT2D eigenvalue weighted by atomic mass is 32.1. The maximum atomic E-state index is 12.1. The van der Waals surface area contributed by atoms with Gasteiger partial charge in [0.05, 0.1) is 0 Å². The van der Waals surface area contributed by atoms with Crippen molar-refractivity contribution in [1.29, 1.82) is 0 Å². The summed E-state index contributed by atoms with van der Waals surface area (Å²) in [6.45, 7) is 2.26. The highest BCUT2D eigenvalue weighted by Gasteiger charge is 2.31. The summed E-state index contributed by atoms with van der Waals surface area (Å²) in [7, 11) is 0. The number of ether oxygens (including phenoxy) is 2. The van der Waals surface area contributed by atoms with Crippen LogP contribution in [0.4, 0.5) is 13.2 Å². The molecule has 7 heteroatoms. The lowest BCUT2D eigenvalue weighted by Crippen LogP contribution is -2.18. The highest BCUT2D eigenvalue weighted by Crippen LogP contribution is 2.29. The van der Waals surface area contributed by atoms with Crippen LogP contribution in [0.25, 0.3) is 0 Å². The van der Waals surface area contributed by atoms with E-state index in [0.29, 0.717) is 5.75 Å². The zero-order valence-electron chi connectivity index (χ0n) is 11.2. The van der Waals surface area contributed by atoms with Crippen LogP contribution < -0.4 is 15.2 Å². The standard InChI is InChI=1S/C14H14F3NO2S/c1-9-2-7-13(21-9)12(8-18)19-10-3-5-11(6-4-10)20-14(15,16)17/h2-7,12H,8,18H2,1H3. The van der Waals surface area contributed by atoms with Crippen LogP contribution in [0.3, 0.4) is 0 Å². The Bertz CT molecular complexity index is 581. The second-order valence-electron chi connectivity index (χ2n) is 4.31. The first-order valence-electron chi connectivity index (χ1n) is 6.16. The predicted molar refractivity (Wildman–Crippen MR) is 74.6 cm³/mol. The van der Waals surface area contributed by atoms with Gasteiger partial charge in [0.1, 0.15) is 17.6 Å². The Balaban J connectivity index is 2.05. The van der Waals surface area contributed by atoms with E-state index in [9.17, 15) is 13.2 Å². The number of alkyl halides is 3. The van der Waals surface area contributed by atoms with Crippen molar-refractivity contribution in [2.45, 2.75) is 19.4 Å². The maximum absolute atomic E-state index is 12.1. The van der Waals surface area contributed by atoms with Crippen molar-refractivity contribution in [2.75, 3.05) is 6.54 Å². The van der Waals surface area contributed by atoms with Gasteiger partial charge >= 0.3 is 6.36 Å². The first-order valence-corrected chi connectivity index (χ1v) is 6.98. The molecule has 0 radical (unpaired) electrons. The van der Waals surface area contributed by atoms with Gasteiger partial charge in [0.15, 0.2) is 0 Å². The van der Waals surface area contributed by atoms with E-state index < -0.39 is 6.36 Å². The summed E-state index contributed by atoms with van der Waals surface area (Å²) in [6, 6.07) is 9.14. The van der Waals surface area contributed by atoms with Gasteiger partial charge in [0.25, 0.3) is 0 Å². The number of hydrogen-bond donors (Lipinski definition) is 1. The number of nitrogens with two attached hydrogens (primary N) is 1. The van der Waals surface area contributed by atoms with Gasteiger partial charge < -0.3 is 15.2 Å². The summed E-state index contributed by atoms with van der Waals surface area (Å²) in [4.78, 5) is 2.12. The van der Waals surface area contributed by atoms with Crippen LogP contribution in [0, 0.1) is 6.92 Å². The third-order valence-electron chi connectivity index (χ3n) is 2.63. The Kier molecular flexibility index (Phi) is 4.74. The fraction of sp³-hybridized carbons (Fsp3) is 0.286. The Labute approximate surface area is 124 Å². The molecule has 0 aliphatic carbocycles. The van der Waals surface area contributed by atoms with E-state index in [1.807, 2.05) is 19.1 Å². The number of benzene rings is 1. The molecule has 0 bridgehead atoms. The number of rotatable bonds is 5. The molecule has 1 aromatic heterocycles. The van der Waals surface area contributed by atoms with Crippen molar-refractivity contribution in [3.05, 3.63) is 46.2 Å². The molecule has 0 spiro atoms. The van der Waals surface area contributed by atoms with Crippen molar-refractivity contribution in [2.24, 2.45) is 5.73 Å². The molecule has 2 aromatic rings. The Hall–Kier alpha value is -1.73. The summed E-state index contributed by atoms with van der Waals surface area (Å²) < 4.78 is 45.7. The van der Waals surface area contributed by atoms with Crippen molar-refractivity contribution in [3.63, 3.8) is 0 Å². The summed E-state index contributed by atoms with van der Waals surface area (Å²) in [5, 5.41) is 0. The molecule has 0 amide bonds. The minimum atomic E-state index is -4.70. The molecule has 0 saturated carbocycles. The zero-order chi connectivity index (χ0) is 15.5. The van der Waals surface area contributed by atoms with Crippen LogP contribution in [0.5, 0.6) is 11.5 Å². The molecule has 1 unspecified atom stereocenters. The minimum Gasteiger partial charge on any atom is -0.484 e. The van der Waals surface area contributed by atoms with E-state index in [1.165, 1.54) is 24.3 Å². The summed E-state index contributed by atoms with van der Waals surface area (Å²) in [5.74, 6) is 0.150. The molecule has 114 valence electrons.